The molecule has 1 aromatic carbocycles. The molecule has 0 amide bonds. The van der Waals surface area contributed by atoms with Gasteiger partial charge in [0.05, 0.1) is 0 Å². The summed E-state index contributed by atoms with van der Waals surface area (Å²) in [6.45, 7) is 6.16. The molecule has 0 aliphatic rings. The van der Waals surface area contributed by atoms with Gasteiger partial charge in [-0.3, -0.25) is 0 Å². The van der Waals surface area contributed by atoms with Gasteiger partial charge in [0.1, 0.15) is 0 Å². The molecule has 14 heavy (non-hydrogen) atoms. The Hall–Kier alpha value is -1.08. The highest BCUT2D eigenvalue weighted by molar-refractivity contribution is 5.30. The Morgan fingerprint density at radius 1 is 1.43 bits per heavy atom. The van der Waals surface area contributed by atoms with Crippen molar-refractivity contribution in [3.63, 3.8) is 0 Å². The van der Waals surface area contributed by atoms with E-state index in [1.165, 1.54) is 11.1 Å². The van der Waals surface area contributed by atoms with E-state index in [9.17, 15) is 0 Å². The fourth-order valence-corrected chi connectivity index (χ4v) is 1.74. The molecule has 0 aliphatic heterocycles. The molecule has 0 bridgehead atoms. The van der Waals surface area contributed by atoms with Crippen LogP contribution in [-0.2, 0) is 6.42 Å². The minimum Gasteiger partial charge on any atom is -0.396 e. The molecule has 1 aromatic rings. The lowest BCUT2D eigenvalue weighted by Crippen LogP contribution is -2.00. The van der Waals surface area contributed by atoms with Gasteiger partial charge in [-0.2, -0.15) is 0 Å². The first-order chi connectivity index (χ1) is 6.79. The number of rotatable bonds is 5. The standard InChI is InChI=1S/C13H18O/c1-3-6-11(2)13-8-5-4-7-12(13)9-10-14/h3-5,7-8,11,14H,1,6,9-10H2,2H3. The predicted octanol–water partition coefficient (Wildman–Crippen LogP) is 2.90. The van der Waals surface area contributed by atoms with Crippen molar-refractivity contribution in [3.8, 4) is 0 Å². The Morgan fingerprint density at radius 3 is 2.79 bits per heavy atom. The average molecular weight is 190 g/mol. The summed E-state index contributed by atoms with van der Waals surface area (Å²) >= 11 is 0. The largest absolute Gasteiger partial charge is 0.396 e. The topological polar surface area (TPSA) is 20.2 Å². The zero-order valence-electron chi connectivity index (χ0n) is 8.74. The van der Waals surface area contributed by atoms with Gasteiger partial charge in [0.25, 0.3) is 0 Å². The first-order valence-corrected chi connectivity index (χ1v) is 5.09. The molecule has 1 rings (SSSR count). The summed E-state index contributed by atoms with van der Waals surface area (Å²) in [4.78, 5) is 0. The van der Waals surface area contributed by atoms with Crippen LogP contribution in [0.15, 0.2) is 36.9 Å². The maximum absolute atomic E-state index is 8.94. The molecular formula is C13H18O. The van der Waals surface area contributed by atoms with Gasteiger partial charge in [-0.15, -0.1) is 6.58 Å². The van der Waals surface area contributed by atoms with E-state index in [1.54, 1.807) is 0 Å². The summed E-state index contributed by atoms with van der Waals surface area (Å²) in [5.74, 6) is 0.496. The molecule has 0 heterocycles. The molecule has 0 radical (unpaired) electrons. The molecule has 0 aromatic heterocycles. The maximum Gasteiger partial charge on any atom is 0.0471 e. The van der Waals surface area contributed by atoms with E-state index in [-0.39, 0.29) is 6.61 Å². The number of hydrogen-bond acceptors (Lipinski definition) is 1. The van der Waals surface area contributed by atoms with Crippen molar-refractivity contribution in [2.24, 2.45) is 0 Å². The monoisotopic (exact) mass is 190 g/mol. The van der Waals surface area contributed by atoms with Gasteiger partial charge in [-0.05, 0) is 29.9 Å². The van der Waals surface area contributed by atoms with E-state index in [0.29, 0.717) is 5.92 Å². The van der Waals surface area contributed by atoms with Crippen LogP contribution in [0.4, 0.5) is 0 Å². The SMILES string of the molecule is C=CCC(C)c1ccccc1CCO. The molecule has 1 nitrogen and oxygen atoms in total. The minimum atomic E-state index is 0.220. The second kappa shape index (κ2) is 5.61. The second-order valence-electron chi connectivity index (χ2n) is 3.60. The molecule has 1 unspecified atom stereocenters. The van der Waals surface area contributed by atoms with Crippen molar-refractivity contribution in [2.45, 2.75) is 25.7 Å². The van der Waals surface area contributed by atoms with Crippen LogP contribution in [0.25, 0.3) is 0 Å². The number of hydrogen-bond donors (Lipinski definition) is 1. The fourth-order valence-electron chi connectivity index (χ4n) is 1.74. The summed E-state index contributed by atoms with van der Waals surface area (Å²) in [5.41, 5.74) is 2.59. The van der Waals surface area contributed by atoms with Crippen LogP contribution in [0.2, 0.25) is 0 Å². The number of aliphatic hydroxyl groups is 1. The normalized spacial score (nSPS) is 12.4. The lowest BCUT2D eigenvalue weighted by atomic mass is 9.92. The molecular weight excluding hydrogens is 172 g/mol. The summed E-state index contributed by atoms with van der Waals surface area (Å²) in [7, 11) is 0. The molecule has 1 atom stereocenters. The van der Waals surface area contributed by atoms with Crippen LogP contribution in [-0.4, -0.2) is 11.7 Å². The Labute approximate surface area is 86.1 Å². The zero-order valence-corrected chi connectivity index (χ0v) is 8.74. The van der Waals surface area contributed by atoms with Crippen LogP contribution in [0, 0.1) is 0 Å². The molecule has 0 saturated carbocycles. The van der Waals surface area contributed by atoms with Crippen molar-refractivity contribution in [1.82, 2.24) is 0 Å². The third-order valence-corrected chi connectivity index (χ3v) is 2.49. The van der Waals surface area contributed by atoms with Gasteiger partial charge < -0.3 is 5.11 Å². The first-order valence-electron chi connectivity index (χ1n) is 5.09. The van der Waals surface area contributed by atoms with Crippen LogP contribution in [0.1, 0.15) is 30.4 Å². The number of aliphatic hydroxyl groups excluding tert-OH is 1. The van der Waals surface area contributed by atoms with Crippen LogP contribution < -0.4 is 0 Å². The van der Waals surface area contributed by atoms with E-state index < -0.39 is 0 Å². The number of benzene rings is 1. The number of allylic oxidation sites excluding steroid dienone is 1. The Kier molecular flexibility index (Phi) is 4.41. The smallest absolute Gasteiger partial charge is 0.0471 e. The minimum absolute atomic E-state index is 0.220. The van der Waals surface area contributed by atoms with E-state index in [0.717, 1.165) is 12.8 Å². The molecule has 0 fully saturated rings. The molecule has 1 heteroatoms. The third kappa shape index (κ3) is 2.71. The van der Waals surface area contributed by atoms with E-state index in [2.05, 4.69) is 31.7 Å². The van der Waals surface area contributed by atoms with Crippen molar-refractivity contribution in [3.05, 3.63) is 48.0 Å². The molecule has 1 N–H and O–H groups in total. The van der Waals surface area contributed by atoms with Gasteiger partial charge in [-0.25, -0.2) is 0 Å². The lowest BCUT2D eigenvalue weighted by Gasteiger charge is -2.14. The average Bonchev–Trinajstić information content (AvgIpc) is 2.19. The summed E-state index contributed by atoms with van der Waals surface area (Å²) < 4.78 is 0. The van der Waals surface area contributed by atoms with Crippen LogP contribution in [0.5, 0.6) is 0 Å². The van der Waals surface area contributed by atoms with Crippen molar-refractivity contribution < 1.29 is 5.11 Å². The molecule has 76 valence electrons. The van der Waals surface area contributed by atoms with Gasteiger partial charge in [-0.1, -0.05) is 37.3 Å². The van der Waals surface area contributed by atoms with Crippen molar-refractivity contribution in [2.75, 3.05) is 6.61 Å². The second-order valence-corrected chi connectivity index (χ2v) is 3.60. The van der Waals surface area contributed by atoms with Gasteiger partial charge in [0, 0.05) is 6.61 Å². The van der Waals surface area contributed by atoms with Crippen molar-refractivity contribution in [1.29, 1.82) is 0 Å². The maximum atomic E-state index is 8.94. The Morgan fingerprint density at radius 2 is 2.14 bits per heavy atom. The quantitative estimate of drug-likeness (QED) is 0.708. The predicted molar refractivity (Wildman–Crippen MR) is 60.5 cm³/mol. The highest BCUT2D eigenvalue weighted by Gasteiger charge is 2.07. The highest BCUT2D eigenvalue weighted by Crippen LogP contribution is 2.23. The molecule has 0 spiro atoms. The fraction of sp³-hybridized carbons (Fsp3) is 0.385. The molecule has 0 saturated heterocycles. The summed E-state index contributed by atoms with van der Waals surface area (Å²) in [6, 6.07) is 8.30. The van der Waals surface area contributed by atoms with E-state index in [1.807, 2.05) is 12.1 Å². The van der Waals surface area contributed by atoms with E-state index in [4.69, 9.17) is 5.11 Å². The van der Waals surface area contributed by atoms with Crippen molar-refractivity contribution >= 4 is 0 Å². The third-order valence-electron chi connectivity index (χ3n) is 2.49. The van der Waals surface area contributed by atoms with Crippen LogP contribution >= 0.6 is 0 Å². The van der Waals surface area contributed by atoms with E-state index >= 15 is 0 Å². The van der Waals surface area contributed by atoms with Gasteiger partial charge in [0.15, 0.2) is 0 Å². The highest BCUT2D eigenvalue weighted by atomic mass is 16.2. The zero-order chi connectivity index (χ0) is 10.4. The Bertz CT molecular complexity index is 291. The lowest BCUT2D eigenvalue weighted by molar-refractivity contribution is 0.299. The van der Waals surface area contributed by atoms with Gasteiger partial charge in [0.2, 0.25) is 0 Å². The summed E-state index contributed by atoms with van der Waals surface area (Å²) in [6.07, 6.45) is 3.68. The molecule has 0 aliphatic carbocycles. The first kappa shape index (κ1) is 11.0. The summed E-state index contributed by atoms with van der Waals surface area (Å²) in [5, 5.41) is 8.94. The van der Waals surface area contributed by atoms with Crippen LogP contribution in [0.3, 0.4) is 0 Å². The van der Waals surface area contributed by atoms with Gasteiger partial charge >= 0.3 is 0 Å². The Balaban J connectivity index is 2.87.